The van der Waals surface area contributed by atoms with Crippen LogP contribution in [-0.4, -0.2) is 20.2 Å². The molecule has 0 unspecified atom stereocenters. The molecule has 2 N–H and O–H groups in total. The van der Waals surface area contributed by atoms with Crippen LogP contribution in [0.1, 0.15) is 11.4 Å². The Balaban J connectivity index is 1.76. The van der Waals surface area contributed by atoms with Gasteiger partial charge in [-0.15, -0.1) is 10.2 Å². The summed E-state index contributed by atoms with van der Waals surface area (Å²) in [5, 5.41) is 10.9. The van der Waals surface area contributed by atoms with E-state index in [0.717, 1.165) is 22.6 Å². The Morgan fingerprint density at radius 1 is 1.37 bits per heavy atom. The van der Waals surface area contributed by atoms with Crippen molar-refractivity contribution >= 4 is 5.69 Å². The molecule has 2 aromatic heterocycles. The zero-order valence-electron chi connectivity index (χ0n) is 10.4. The van der Waals surface area contributed by atoms with Gasteiger partial charge < -0.3 is 14.7 Å². The van der Waals surface area contributed by atoms with Crippen molar-refractivity contribution in [3.63, 3.8) is 0 Å². The Labute approximate surface area is 109 Å². The first-order valence-corrected chi connectivity index (χ1v) is 5.92. The summed E-state index contributed by atoms with van der Waals surface area (Å²) in [5.41, 5.74) is 3.08. The Kier molecular flexibility index (Phi) is 2.97. The van der Waals surface area contributed by atoms with Crippen molar-refractivity contribution in [1.29, 1.82) is 0 Å². The lowest BCUT2D eigenvalue weighted by Crippen LogP contribution is -2.02. The molecule has 2 heterocycles. The summed E-state index contributed by atoms with van der Waals surface area (Å²) in [6.07, 6.45) is 4.87. The van der Waals surface area contributed by atoms with E-state index in [1.54, 1.807) is 6.20 Å². The maximum Gasteiger partial charge on any atom is 0.247 e. The molecule has 0 aliphatic carbocycles. The van der Waals surface area contributed by atoms with Crippen LogP contribution < -0.4 is 5.32 Å². The van der Waals surface area contributed by atoms with Crippen LogP contribution in [0.25, 0.3) is 11.5 Å². The highest BCUT2D eigenvalue weighted by molar-refractivity contribution is 5.62. The number of H-pyrrole nitrogens is 1. The highest BCUT2D eigenvalue weighted by Gasteiger charge is 2.06. The van der Waals surface area contributed by atoms with Gasteiger partial charge in [0.15, 0.2) is 0 Å². The van der Waals surface area contributed by atoms with Gasteiger partial charge in [0.1, 0.15) is 5.82 Å². The van der Waals surface area contributed by atoms with Gasteiger partial charge in [0, 0.05) is 23.6 Å². The number of aromatic nitrogens is 4. The Bertz CT molecular complexity index is 646. The maximum absolute atomic E-state index is 5.18. The van der Waals surface area contributed by atoms with Crippen LogP contribution in [0.3, 0.4) is 0 Å². The lowest BCUT2D eigenvalue weighted by Gasteiger charge is -2.09. The van der Waals surface area contributed by atoms with Crippen LogP contribution in [0, 0.1) is 6.92 Å². The number of hydrogen-bond donors (Lipinski definition) is 2. The highest BCUT2D eigenvalue weighted by atomic mass is 16.4. The number of benzene rings is 1. The summed E-state index contributed by atoms with van der Waals surface area (Å²) < 4.78 is 5.18. The van der Waals surface area contributed by atoms with E-state index in [1.807, 2.05) is 31.3 Å². The van der Waals surface area contributed by atoms with Gasteiger partial charge in [-0.25, -0.2) is 4.98 Å². The molecule has 0 spiro atoms. The summed E-state index contributed by atoms with van der Waals surface area (Å²) in [7, 11) is 0. The standard InChI is InChI=1S/C13H13N5O/c1-9-6-10(13-18-17-8-19-13)2-3-11(9)16-7-12-14-4-5-15-12/h2-6,8,16H,7H2,1H3,(H,14,15). The molecular formula is C13H13N5O. The van der Waals surface area contributed by atoms with E-state index in [-0.39, 0.29) is 0 Å². The predicted octanol–water partition coefficient (Wildman–Crippen LogP) is 2.38. The van der Waals surface area contributed by atoms with Crippen LogP contribution >= 0.6 is 0 Å². The third kappa shape index (κ3) is 2.47. The second kappa shape index (κ2) is 4.93. The summed E-state index contributed by atoms with van der Waals surface area (Å²) in [4.78, 5) is 7.22. The number of aryl methyl sites for hydroxylation is 1. The molecule has 0 saturated carbocycles. The largest absolute Gasteiger partial charge is 0.423 e. The highest BCUT2D eigenvalue weighted by Crippen LogP contribution is 2.23. The van der Waals surface area contributed by atoms with Gasteiger partial charge in [0.2, 0.25) is 12.3 Å². The van der Waals surface area contributed by atoms with Gasteiger partial charge in [-0.2, -0.15) is 0 Å². The van der Waals surface area contributed by atoms with Crippen molar-refractivity contribution in [2.75, 3.05) is 5.32 Å². The molecular weight excluding hydrogens is 242 g/mol. The van der Waals surface area contributed by atoms with Gasteiger partial charge in [-0.3, -0.25) is 0 Å². The average Bonchev–Trinajstić information content (AvgIpc) is 3.10. The van der Waals surface area contributed by atoms with Crippen LogP contribution in [-0.2, 0) is 6.54 Å². The molecule has 96 valence electrons. The van der Waals surface area contributed by atoms with Crippen molar-refractivity contribution in [3.05, 3.63) is 48.4 Å². The molecule has 1 aromatic carbocycles. The number of nitrogens with zero attached hydrogens (tertiary/aromatic N) is 3. The number of nitrogens with one attached hydrogen (secondary N) is 2. The van der Waals surface area contributed by atoms with Crippen LogP contribution in [0.2, 0.25) is 0 Å². The lowest BCUT2D eigenvalue weighted by molar-refractivity contribution is 0.568. The zero-order valence-corrected chi connectivity index (χ0v) is 10.4. The first kappa shape index (κ1) is 11.5. The molecule has 0 fully saturated rings. The molecule has 19 heavy (non-hydrogen) atoms. The maximum atomic E-state index is 5.18. The molecule has 3 rings (SSSR count). The minimum Gasteiger partial charge on any atom is -0.423 e. The van der Waals surface area contributed by atoms with Gasteiger partial charge in [-0.1, -0.05) is 0 Å². The lowest BCUT2D eigenvalue weighted by atomic mass is 10.1. The van der Waals surface area contributed by atoms with Crippen LogP contribution in [0.5, 0.6) is 0 Å². The molecule has 0 amide bonds. The van der Waals surface area contributed by atoms with Crippen molar-refractivity contribution in [1.82, 2.24) is 20.2 Å². The summed E-state index contributed by atoms with van der Waals surface area (Å²) >= 11 is 0. The third-order valence-electron chi connectivity index (χ3n) is 2.83. The number of anilines is 1. The van der Waals surface area contributed by atoms with Gasteiger partial charge in [0.25, 0.3) is 0 Å². The van der Waals surface area contributed by atoms with Crippen molar-refractivity contribution < 1.29 is 4.42 Å². The normalized spacial score (nSPS) is 10.6. The quantitative estimate of drug-likeness (QED) is 0.748. The van der Waals surface area contributed by atoms with Crippen molar-refractivity contribution in [2.45, 2.75) is 13.5 Å². The molecule has 3 aromatic rings. The molecule has 0 radical (unpaired) electrons. The molecule has 6 nitrogen and oxygen atoms in total. The smallest absolute Gasteiger partial charge is 0.247 e. The van der Waals surface area contributed by atoms with Crippen LogP contribution in [0.4, 0.5) is 5.69 Å². The molecule has 0 aliphatic heterocycles. The second-order valence-electron chi connectivity index (χ2n) is 4.16. The van der Waals surface area contributed by atoms with E-state index in [4.69, 9.17) is 4.42 Å². The molecule has 0 saturated heterocycles. The van der Waals surface area contributed by atoms with E-state index in [2.05, 4.69) is 25.5 Å². The van der Waals surface area contributed by atoms with E-state index < -0.39 is 0 Å². The van der Waals surface area contributed by atoms with Crippen LogP contribution in [0.15, 0.2) is 41.4 Å². The predicted molar refractivity (Wildman–Crippen MR) is 70.4 cm³/mol. The SMILES string of the molecule is Cc1cc(-c2nnco2)ccc1NCc1ncc[nH]1. The molecule has 0 bridgehead atoms. The van der Waals surface area contributed by atoms with Crippen molar-refractivity contribution in [2.24, 2.45) is 0 Å². The Morgan fingerprint density at radius 2 is 2.32 bits per heavy atom. The number of rotatable bonds is 4. The monoisotopic (exact) mass is 255 g/mol. The van der Waals surface area contributed by atoms with Crippen molar-refractivity contribution in [3.8, 4) is 11.5 Å². The molecule has 6 heteroatoms. The van der Waals surface area contributed by atoms with Gasteiger partial charge in [0.05, 0.1) is 6.54 Å². The third-order valence-corrected chi connectivity index (χ3v) is 2.83. The van der Waals surface area contributed by atoms with E-state index in [1.165, 1.54) is 6.39 Å². The minimum atomic E-state index is 0.528. The Hall–Kier alpha value is -2.63. The number of imidazole rings is 1. The summed E-state index contributed by atoms with van der Waals surface area (Å²) in [5.74, 6) is 1.43. The first-order valence-electron chi connectivity index (χ1n) is 5.92. The summed E-state index contributed by atoms with van der Waals surface area (Å²) in [6, 6.07) is 5.96. The zero-order chi connectivity index (χ0) is 13.1. The minimum absolute atomic E-state index is 0.528. The fourth-order valence-electron chi connectivity index (χ4n) is 1.87. The van der Waals surface area contributed by atoms with Gasteiger partial charge >= 0.3 is 0 Å². The fourth-order valence-corrected chi connectivity index (χ4v) is 1.87. The fraction of sp³-hybridized carbons (Fsp3) is 0.154. The Morgan fingerprint density at radius 3 is 3.00 bits per heavy atom. The number of hydrogen-bond acceptors (Lipinski definition) is 5. The molecule has 0 atom stereocenters. The molecule has 0 aliphatic rings. The van der Waals surface area contributed by atoms with Gasteiger partial charge in [-0.05, 0) is 30.7 Å². The van der Waals surface area contributed by atoms with E-state index >= 15 is 0 Å². The second-order valence-corrected chi connectivity index (χ2v) is 4.16. The average molecular weight is 255 g/mol. The first-order chi connectivity index (χ1) is 9.33. The van der Waals surface area contributed by atoms with E-state index in [0.29, 0.717) is 12.4 Å². The summed E-state index contributed by atoms with van der Waals surface area (Å²) in [6.45, 7) is 2.69. The topological polar surface area (TPSA) is 79.6 Å². The number of aromatic amines is 1. The van der Waals surface area contributed by atoms with E-state index in [9.17, 15) is 0 Å².